The van der Waals surface area contributed by atoms with Crippen LogP contribution in [-0.4, -0.2) is 37.0 Å². The number of thiophene rings is 1. The Morgan fingerprint density at radius 3 is 2.89 bits per heavy atom. The predicted octanol–water partition coefficient (Wildman–Crippen LogP) is 3.49. The summed E-state index contributed by atoms with van der Waals surface area (Å²) in [6.07, 6.45) is 3.25. The molecule has 0 saturated carbocycles. The highest BCUT2D eigenvalue weighted by Crippen LogP contribution is 2.33. The molecule has 1 atom stereocenters. The normalized spacial score (nSPS) is 20.5. The number of nitrogens with one attached hydrogen (secondary N) is 1. The van der Waals surface area contributed by atoms with Crippen molar-refractivity contribution in [3.8, 4) is 0 Å². The molecule has 1 aliphatic rings. The van der Waals surface area contributed by atoms with Crippen molar-refractivity contribution in [2.75, 3.05) is 20.1 Å². The first-order valence-corrected chi connectivity index (χ1v) is 8.42. The van der Waals surface area contributed by atoms with Gasteiger partial charge < -0.3 is 10.2 Å². The van der Waals surface area contributed by atoms with Crippen LogP contribution in [0.25, 0.3) is 0 Å². The zero-order chi connectivity index (χ0) is 13.1. The van der Waals surface area contributed by atoms with Gasteiger partial charge in [0.15, 0.2) is 0 Å². The molecule has 1 aliphatic heterocycles. The number of nitrogens with zero attached hydrogens (tertiary/aromatic N) is 1. The van der Waals surface area contributed by atoms with Gasteiger partial charge in [0, 0.05) is 13.1 Å². The third-order valence-corrected chi connectivity index (χ3v) is 5.64. The number of halogens is 2. The third-order valence-electron chi connectivity index (χ3n) is 3.30. The van der Waals surface area contributed by atoms with Crippen molar-refractivity contribution >= 4 is 49.1 Å². The van der Waals surface area contributed by atoms with Crippen molar-refractivity contribution in [3.63, 3.8) is 0 Å². The lowest BCUT2D eigenvalue weighted by atomic mass is 10.1. The van der Waals surface area contributed by atoms with E-state index >= 15 is 0 Å². The van der Waals surface area contributed by atoms with E-state index in [1.54, 1.807) is 0 Å². The Morgan fingerprint density at radius 1 is 1.44 bits per heavy atom. The molecule has 1 unspecified atom stereocenters. The fourth-order valence-electron chi connectivity index (χ4n) is 2.23. The molecule has 0 spiro atoms. The summed E-state index contributed by atoms with van der Waals surface area (Å²) in [6.45, 7) is 2.06. The fourth-order valence-corrected chi connectivity index (χ4v) is 5.01. The summed E-state index contributed by atoms with van der Waals surface area (Å²) >= 11 is 8.41. The van der Waals surface area contributed by atoms with Gasteiger partial charge in [0.25, 0.3) is 5.91 Å². The van der Waals surface area contributed by atoms with Gasteiger partial charge in [-0.2, -0.15) is 0 Å². The summed E-state index contributed by atoms with van der Waals surface area (Å²) in [7, 11) is 1.91. The second kappa shape index (κ2) is 6.50. The van der Waals surface area contributed by atoms with Crippen molar-refractivity contribution in [2.24, 2.45) is 0 Å². The average molecular weight is 396 g/mol. The van der Waals surface area contributed by atoms with E-state index in [4.69, 9.17) is 0 Å². The molecule has 0 radical (unpaired) electrons. The van der Waals surface area contributed by atoms with Crippen LogP contribution >= 0.6 is 43.2 Å². The van der Waals surface area contributed by atoms with Crippen LogP contribution in [0.5, 0.6) is 0 Å². The predicted molar refractivity (Wildman–Crippen MR) is 82.3 cm³/mol. The average Bonchev–Trinajstić information content (AvgIpc) is 2.59. The first-order chi connectivity index (χ1) is 8.59. The fraction of sp³-hybridized carbons (Fsp3) is 0.583. The summed E-state index contributed by atoms with van der Waals surface area (Å²) in [5.41, 5.74) is 0.756. The minimum absolute atomic E-state index is 0.107. The molecule has 18 heavy (non-hydrogen) atoms. The lowest BCUT2D eigenvalue weighted by Crippen LogP contribution is -2.37. The molecule has 1 saturated heterocycles. The second-order valence-corrected chi connectivity index (χ2v) is 8.24. The van der Waals surface area contributed by atoms with E-state index < -0.39 is 0 Å². The zero-order valence-corrected chi connectivity index (χ0v) is 14.2. The number of hydrogen-bond acceptors (Lipinski definition) is 3. The van der Waals surface area contributed by atoms with Crippen LogP contribution in [0.4, 0.5) is 0 Å². The van der Waals surface area contributed by atoms with Gasteiger partial charge in [0.05, 0.1) is 13.1 Å². The van der Waals surface area contributed by atoms with Gasteiger partial charge in [-0.05, 0) is 70.3 Å². The highest BCUT2D eigenvalue weighted by molar-refractivity contribution is 9.12. The molecule has 1 amide bonds. The zero-order valence-electron chi connectivity index (χ0n) is 10.2. The van der Waals surface area contributed by atoms with Gasteiger partial charge in [0.1, 0.15) is 0 Å². The number of rotatable bonds is 2. The molecule has 2 rings (SSSR count). The van der Waals surface area contributed by atoms with Crippen molar-refractivity contribution in [3.05, 3.63) is 19.2 Å². The highest BCUT2D eigenvalue weighted by atomic mass is 79.9. The van der Waals surface area contributed by atoms with Gasteiger partial charge >= 0.3 is 0 Å². The first-order valence-electron chi connectivity index (χ1n) is 6.02. The molecule has 100 valence electrons. The Bertz CT molecular complexity index is 428. The van der Waals surface area contributed by atoms with E-state index in [0.29, 0.717) is 6.04 Å². The number of carbonyl (C=O) groups excluding carboxylic acids is 1. The lowest BCUT2D eigenvalue weighted by Gasteiger charge is -2.26. The van der Waals surface area contributed by atoms with Crippen LogP contribution in [-0.2, 0) is 0 Å². The molecule has 1 fully saturated rings. The molecule has 2 heterocycles. The maximum absolute atomic E-state index is 12.5. The molecule has 0 aliphatic carbocycles. The van der Waals surface area contributed by atoms with Gasteiger partial charge in [-0.15, -0.1) is 11.3 Å². The molecule has 0 bridgehead atoms. The van der Waals surface area contributed by atoms with Crippen LogP contribution < -0.4 is 5.32 Å². The number of carbonyl (C=O) groups is 1. The van der Waals surface area contributed by atoms with Crippen molar-refractivity contribution < 1.29 is 4.79 Å². The largest absolute Gasteiger partial charge is 0.339 e. The van der Waals surface area contributed by atoms with E-state index in [-0.39, 0.29) is 5.91 Å². The third kappa shape index (κ3) is 3.35. The van der Waals surface area contributed by atoms with Crippen molar-refractivity contribution in [1.82, 2.24) is 10.2 Å². The van der Waals surface area contributed by atoms with E-state index in [9.17, 15) is 4.79 Å². The minimum Gasteiger partial charge on any atom is -0.339 e. The molecule has 1 N–H and O–H groups in total. The Kier molecular flexibility index (Phi) is 5.24. The van der Waals surface area contributed by atoms with Gasteiger partial charge in [-0.3, -0.25) is 4.79 Å². The van der Waals surface area contributed by atoms with E-state index in [1.807, 2.05) is 18.0 Å². The summed E-state index contributed by atoms with van der Waals surface area (Å²) in [5.74, 6) is 0.107. The molecular weight excluding hydrogens is 380 g/mol. The maximum atomic E-state index is 12.5. The summed E-state index contributed by atoms with van der Waals surface area (Å²) in [5, 5.41) is 3.37. The van der Waals surface area contributed by atoms with Crippen LogP contribution in [0.1, 0.15) is 29.6 Å². The van der Waals surface area contributed by atoms with Crippen LogP contribution in [0.15, 0.2) is 13.6 Å². The van der Waals surface area contributed by atoms with E-state index in [1.165, 1.54) is 11.3 Å². The highest BCUT2D eigenvalue weighted by Gasteiger charge is 2.24. The first kappa shape index (κ1) is 14.5. The lowest BCUT2D eigenvalue weighted by molar-refractivity contribution is 0.0720. The second-order valence-electron chi connectivity index (χ2n) is 4.49. The van der Waals surface area contributed by atoms with Gasteiger partial charge in [-0.1, -0.05) is 0 Å². The van der Waals surface area contributed by atoms with Crippen molar-refractivity contribution in [2.45, 2.75) is 25.3 Å². The smallest absolute Gasteiger partial charge is 0.255 e. The van der Waals surface area contributed by atoms with Crippen molar-refractivity contribution in [1.29, 1.82) is 0 Å². The number of amides is 1. The Balaban J connectivity index is 2.10. The Labute approximate surface area is 128 Å². The van der Waals surface area contributed by atoms with Crippen LogP contribution in [0, 0.1) is 0 Å². The number of hydrogen-bond donors (Lipinski definition) is 1. The molecule has 1 aromatic heterocycles. The molecule has 3 nitrogen and oxygen atoms in total. The SMILES string of the molecule is CN(C(=O)c1cc(Br)sc1Br)C1CCCNCC1. The van der Waals surface area contributed by atoms with Crippen LogP contribution in [0.2, 0.25) is 0 Å². The minimum atomic E-state index is 0.107. The standard InChI is InChI=1S/C12H16Br2N2OS/c1-16(8-3-2-5-15-6-4-8)12(17)9-7-10(13)18-11(9)14/h7-8,15H,2-6H2,1H3. The van der Waals surface area contributed by atoms with E-state index in [2.05, 4.69) is 37.2 Å². The van der Waals surface area contributed by atoms with E-state index in [0.717, 1.165) is 45.5 Å². The summed E-state index contributed by atoms with van der Waals surface area (Å²) < 4.78 is 1.88. The van der Waals surface area contributed by atoms with Gasteiger partial charge in [0.2, 0.25) is 0 Å². The summed E-state index contributed by atoms with van der Waals surface area (Å²) in [4.78, 5) is 14.3. The topological polar surface area (TPSA) is 32.3 Å². The molecule has 0 aromatic carbocycles. The summed E-state index contributed by atoms with van der Waals surface area (Å²) in [6, 6.07) is 2.24. The van der Waals surface area contributed by atoms with Gasteiger partial charge in [-0.25, -0.2) is 0 Å². The maximum Gasteiger partial charge on any atom is 0.255 e. The monoisotopic (exact) mass is 394 g/mol. The Morgan fingerprint density at radius 2 is 2.22 bits per heavy atom. The molecular formula is C12H16Br2N2OS. The molecule has 6 heteroatoms. The quantitative estimate of drug-likeness (QED) is 0.831. The Hall–Kier alpha value is 0.0900. The molecule has 1 aromatic rings. The van der Waals surface area contributed by atoms with Crippen LogP contribution in [0.3, 0.4) is 0 Å².